The van der Waals surface area contributed by atoms with Gasteiger partial charge in [-0.1, -0.05) is 49.4 Å². The van der Waals surface area contributed by atoms with Gasteiger partial charge in [-0.15, -0.1) is 0 Å². The summed E-state index contributed by atoms with van der Waals surface area (Å²) in [6, 6.07) is 12.6. The number of alkyl carbamates (subject to hydrolysis) is 1. The second kappa shape index (κ2) is 12.0. The number of amides is 4. The summed E-state index contributed by atoms with van der Waals surface area (Å²) in [5.74, 6) is -1.91. The molecule has 3 rings (SSSR count). The topological polar surface area (TPSA) is 151 Å². The fraction of sp³-hybridized carbons (Fsp3) is 0.429. The molecule has 1 saturated carbocycles. The number of nitrogens with zero attached hydrogens (tertiary/aromatic N) is 1. The highest BCUT2D eigenvalue weighted by Gasteiger charge is 2.48. The molecule has 2 aromatic rings. The number of primary amides is 1. The van der Waals surface area contributed by atoms with Gasteiger partial charge in [0.15, 0.2) is 0 Å². The van der Waals surface area contributed by atoms with E-state index in [9.17, 15) is 24.3 Å². The van der Waals surface area contributed by atoms with Crippen LogP contribution in [-0.4, -0.2) is 51.5 Å². The number of carbonyl (C=O) groups excluding carboxylic acids is 4. The molecule has 2 aromatic carbocycles. The van der Waals surface area contributed by atoms with E-state index in [1.165, 1.54) is 17.0 Å². The molecule has 4 unspecified atom stereocenters. The van der Waals surface area contributed by atoms with Crippen LogP contribution in [0.15, 0.2) is 54.6 Å². The Balaban J connectivity index is 1.97. The smallest absolute Gasteiger partial charge is 0.408 e. The van der Waals surface area contributed by atoms with Crippen molar-refractivity contribution in [3.05, 3.63) is 65.7 Å². The highest BCUT2D eigenvalue weighted by Crippen LogP contribution is 2.41. The number of hydrogen-bond acceptors (Lipinski definition) is 6. The maximum absolute atomic E-state index is 14.0. The summed E-state index contributed by atoms with van der Waals surface area (Å²) in [4.78, 5) is 53.5. The Morgan fingerprint density at radius 1 is 1.11 bits per heavy atom. The van der Waals surface area contributed by atoms with Gasteiger partial charge in [0.05, 0.1) is 6.42 Å². The van der Waals surface area contributed by atoms with Crippen LogP contribution >= 0.6 is 0 Å². The average Bonchev–Trinajstić information content (AvgIpc) is 3.55. The van der Waals surface area contributed by atoms with E-state index >= 15 is 0 Å². The van der Waals surface area contributed by atoms with Crippen LogP contribution in [0, 0.1) is 5.92 Å². The summed E-state index contributed by atoms with van der Waals surface area (Å²) in [5, 5.41) is 15.5. The normalized spacial score (nSPS) is 18.0. The summed E-state index contributed by atoms with van der Waals surface area (Å²) in [5.41, 5.74) is 5.84. The van der Waals surface area contributed by atoms with E-state index in [0.717, 1.165) is 5.56 Å². The fourth-order valence-electron chi connectivity index (χ4n) is 4.22. The number of ether oxygens (including phenoxy) is 1. The molecule has 204 valence electrons. The van der Waals surface area contributed by atoms with Gasteiger partial charge in [-0.25, -0.2) is 4.79 Å². The lowest BCUT2D eigenvalue weighted by atomic mass is 10.0. The third kappa shape index (κ3) is 7.96. The number of phenolic OH excluding ortho intramolecular Hbond substituents is 1. The van der Waals surface area contributed by atoms with Crippen molar-refractivity contribution in [2.75, 3.05) is 0 Å². The molecule has 1 aliphatic carbocycles. The number of nitrogens with two attached hydrogens (primary N) is 1. The average molecular weight is 525 g/mol. The number of nitrogens with one attached hydrogen (secondary N) is 2. The highest BCUT2D eigenvalue weighted by molar-refractivity contribution is 5.95. The first-order valence-electron chi connectivity index (χ1n) is 12.6. The van der Waals surface area contributed by atoms with Gasteiger partial charge in [0.25, 0.3) is 0 Å². The predicted octanol–water partition coefficient (Wildman–Crippen LogP) is 2.76. The van der Waals surface area contributed by atoms with E-state index in [0.29, 0.717) is 12.0 Å². The number of carbonyl (C=O) groups is 4. The molecular formula is C28H36N4O6. The van der Waals surface area contributed by atoms with Crippen LogP contribution in [0.3, 0.4) is 0 Å². The number of aromatic hydroxyl groups is 1. The van der Waals surface area contributed by atoms with Gasteiger partial charge in [-0.3, -0.25) is 14.4 Å². The summed E-state index contributed by atoms with van der Waals surface area (Å²) in [6.45, 7) is 7.18. The minimum Gasteiger partial charge on any atom is -0.508 e. The molecule has 0 aromatic heterocycles. The van der Waals surface area contributed by atoms with Crippen molar-refractivity contribution in [3.8, 4) is 5.75 Å². The van der Waals surface area contributed by atoms with Gasteiger partial charge in [0.1, 0.15) is 23.4 Å². The first kappa shape index (κ1) is 28.5. The van der Waals surface area contributed by atoms with Gasteiger partial charge in [-0.2, -0.15) is 0 Å². The molecule has 10 heteroatoms. The summed E-state index contributed by atoms with van der Waals surface area (Å²) < 4.78 is 5.29. The molecule has 1 fully saturated rings. The molecule has 0 bridgehead atoms. The summed E-state index contributed by atoms with van der Waals surface area (Å²) in [6.07, 6.45) is -0.736. The molecule has 38 heavy (non-hydrogen) atoms. The van der Waals surface area contributed by atoms with E-state index in [-0.39, 0.29) is 24.3 Å². The van der Waals surface area contributed by atoms with Gasteiger partial charge in [-0.05, 0) is 56.4 Å². The van der Waals surface area contributed by atoms with Gasteiger partial charge in [0, 0.05) is 12.6 Å². The van der Waals surface area contributed by atoms with Gasteiger partial charge in [0.2, 0.25) is 17.7 Å². The number of rotatable bonds is 10. The Bertz CT molecular complexity index is 1160. The van der Waals surface area contributed by atoms with Crippen molar-refractivity contribution in [3.63, 3.8) is 0 Å². The third-order valence-electron chi connectivity index (χ3n) is 6.10. The van der Waals surface area contributed by atoms with Crippen LogP contribution in [0.4, 0.5) is 4.79 Å². The Kier molecular flexibility index (Phi) is 8.98. The Morgan fingerprint density at radius 2 is 1.76 bits per heavy atom. The molecule has 4 atom stereocenters. The van der Waals surface area contributed by atoms with E-state index in [1.54, 1.807) is 32.9 Å². The Labute approximate surface area is 222 Å². The first-order chi connectivity index (χ1) is 17.9. The van der Waals surface area contributed by atoms with Crippen LogP contribution in [0.2, 0.25) is 0 Å². The van der Waals surface area contributed by atoms with Crippen molar-refractivity contribution in [1.29, 1.82) is 0 Å². The maximum Gasteiger partial charge on any atom is 0.408 e. The molecule has 0 aliphatic heterocycles. The third-order valence-corrected chi connectivity index (χ3v) is 6.10. The number of hydrogen-bond donors (Lipinski definition) is 4. The quantitative estimate of drug-likeness (QED) is 0.375. The van der Waals surface area contributed by atoms with E-state index < -0.39 is 47.9 Å². The van der Waals surface area contributed by atoms with Crippen LogP contribution in [0.1, 0.15) is 57.7 Å². The molecule has 0 radical (unpaired) electrons. The monoisotopic (exact) mass is 524 g/mol. The highest BCUT2D eigenvalue weighted by atomic mass is 16.6. The van der Waals surface area contributed by atoms with Gasteiger partial charge >= 0.3 is 6.09 Å². The van der Waals surface area contributed by atoms with E-state index in [2.05, 4.69) is 10.6 Å². The minimum absolute atomic E-state index is 0.0693. The fourth-order valence-corrected chi connectivity index (χ4v) is 4.22. The van der Waals surface area contributed by atoms with Crippen molar-refractivity contribution in [2.45, 2.75) is 70.8 Å². The Morgan fingerprint density at radius 3 is 2.32 bits per heavy atom. The largest absolute Gasteiger partial charge is 0.508 e. The van der Waals surface area contributed by atoms with E-state index in [4.69, 9.17) is 10.5 Å². The van der Waals surface area contributed by atoms with Gasteiger partial charge < -0.3 is 31.1 Å². The molecule has 0 spiro atoms. The van der Waals surface area contributed by atoms with Crippen molar-refractivity contribution < 1.29 is 29.0 Å². The Hall–Kier alpha value is -4.08. The zero-order valence-electron chi connectivity index (χ0n) is 22.1. The van der Waals surface area contributed by atoms with Crippen LogP contribution < -0.4 is 16.4 Å². The molecule has 0 saturated heterocycles. The predicted molar refractivity (Wildman–Crippen MR) is 141 cm³/mol. The molecule has 5 N–H and O–H groups in total. The first-order valence-corrected chi connectivity index (χ1v) is 12.6. The van der Waals surface area contributed by atoms with Crippen molar-refractivity contribution in [2.24, 2.45) is 11.7 Å². The van der Waals surface area contributed by atoms with E-state index in [1.807, 2.05) is 37.3 Å². The number of benzene rings is 2. The minimum atomic E-state index is -1.35. The zero-order chi connectivity index (χ0) is 28.0. The zero-order valence-corrected chi connectivity index (χ0v) is 22.1. The molecule has 10 nitrogen and oxygen atoms in total. The SMILES string of the molecule is CC1CC1N(C(=O)C(CC(N)=O)NC(=O)OC(C)(C)C)C(C(=O)NCc1ccccc1)c1cccc(O)c1. The lowest BCUT2D eigenvalue weighted by Crippen LogP contribution is -2.55. The van der Waals surface area contributed by atoms with Crippen molar-refractivity contribution >= 4 is 23.8 Å². The maximum atomic E-state index is 14.0. The summed E-state index contributed by atoms with van der Waals surface area (Å²) in [7, 11) is 0. The number of phenols is 1. The van der Waals surface area contributed by atoms with Crippen molar-refractivity contribution in [1.82, 2.24) is 15.5 Å². The molecule has 4 amide bonds. The second-order valence-electron chi connectivity index (χ2n) is 10.6. The lowest BCUT2D eigenvalue weighted by Gasteiger charge is -2.35. The van der Waals surface area contributed by atoms with Crippen LogP contribution in [-0.2, 0) is 25.7 Å². The van der Waals surface area contributed by atoms with Crippen LogP contribution in [0.25, 0.3) is 0 Å². The molecule has 1 aliphatic rings. The van der Waals surface area contributed by atoms with Crippen LogP contribution in [0.5, 0.6) is 5.75 Å². The standard InChI is InChI=1S/C28H36N4O6/c1-17-13-22(17)32(26(36)21(15-23(29)34)31-27(37)38-28(2,3)4)24(19-11-8-12-20(33)14-19)25(35)30-16-18-9-6-5-7-10-18/h5-12,14,17,21-22,24,33H,13,15-16H2,1-4H3,(H2,29,34)(H,30,35)(H,31,37). The molecule has 0 heterocycles. The summed E-state index contributed by atoms with van der Waals surface area (Å²) >= 11 is 0. The second-order valence-corrected chi connectivity index (χ2v) is 10.6. The lowest BCUT2D eigenvalue weighted by molar-refractivity contribution is -0.144. The molecular weight excluding hydrogens is 488 g/mol.